The predicted molar refractivity (Wildman–Crippen MR) is 65.9 cm³/mol. The Morgan fingerprint density at radius 2 is 2.06 bits per heavy atom. The van der Waals surface area contributed by atoms with Crippen molar-refractivity contribution >= 4 is 5.78 Å². The van der Waals surface area contributed by atoms with E-state index in [0.29, 0.717) is 0 Å². The van der Waals surface area contributed by atoms with Gasteiger partial charge >= 0.3 is 0 Å². The number of ketones is 1. The van der Waals surface area contributed by atoms with E-state index in [1.165, 1.54) is 5.56 Å². The van der Waals surface area contributed by atoms with E-state index in [2.05, 4.69) is 0 Å². The molecule has 88 valence electrons. The van der Waals surface area contributed by atoms with Crippen LogP contribution in [-0.2, 0) is 4.79 Å². The number of rotatable bonds is 5. The van der Waals surface area contributed by atoms with Crippen molar-refractivity contribution in [1.82, 2.24) is 0 Å². The first-order valence-electron chi connectivity index (χ1n) is 5.78. The van der Waals surface area contributed by atoms with Crippen LogP contribution in [0, 0.1) is 19.8 Å². The third-order valence-corrected chi connectivity index (χ3v) is 3.09. The average molecular weight is 220 g/mol. The summed E-state index contributed by atoms with van der Waals surface area (Å²) in [6.45, 7) is 8.19. The molecule has 0 aliphatic heterocycles. The summed E-state index contributed by atoms with van der Waals surface area (Å²) in [4.78, 5) is 11.6. The van der Waals surface area contributed by atoms with Gasteiger partial charge in [-0.15, -0.1) is 0 Å². The molecule has 0 saturated heterocycles. The number of ether oxygens (including phenoxy) is 1. The van der Waals surface area contributed by atoms with Crippen LogP contribution in [0.15, 0.2) is 18.2 Å². The van der Waals surface area contributed by atoms with Gasteiger partial charge in [0.2, 0.25) is 0 Å². The van der Waals surface area contributed by atoms with Gasteiger partial charge in [0.15, 0.2) is 5.78 Å². The summed E-state index contributed by atoms with van der Waals surface area (Å²) < 4.78 is 5.55. The maximum absolute atomic E-state index is 11.6. The lowest BCUT2D eigenvalue weighted by Gasteiger charge is -2.12. The van der Waals surface area contributed by atoms with Crippen LogP contribution in [-0.4, -0.2) is 12.4 Å². The molecule has 0 aliphatic rings. The fraction of sp³-hybridized carbons (Fsp3) is 0.500. The summed E-state index contributed by atoms with van der Waals surface area (Å²) in [5.74, 6) is 1.07. The number of hydrogen-bond donors (Lipinski definition) is 0. The molecule has 0 saturated carbocycles. The van der Waals surface area contributed by atoms with E-state index in [0.717, 1.165) is 17.7 Å². The Hall–Kier alpha value is -1.31. The van der Waals surface area contributed by atoms with E-state index in [1.807, 2.05) is 45.9 Å². The zero-order valence-corrected chi connectivity index (χ0v) is 10.5. The van der Waals surface area contributed by atoms with Gasteiger partial charge in [-0.25, -0.2) is 0 Å². The zero-order valence-electron chi connectivity index (χ0n) is 10.5. The number of carbonyl (C=O) groups excluding carboxylic acids is 1. The number of carbonyl (C=O) groups is 1. The molecule has 0 spiro atoms. The molecule has 0 amide bonds. The molecule has 1 aromatic rings. The fourth-order valence-corrected chi connectivity index (χ4v) is 1.40. The fourth-order valence-electron chi connectivity index (χ4n) is 1.40. The molecule has 0 N–H and O–H groups in total. The quantitative estimate of drug-likeness (QED) is 0.761. The molecule has 2 nitrogen and oxygen atoms in total. The number of hydrogen-bond acceptors (Lipinski definition) is 2. The zero-order chi connectivity index (χ0) is 12.1. The Balaban J connectivity index is 2.61. The van der Waals surface area contributed by atoms with Crippen LogP contribution in [0.5, 0.6) is 5.75 Å². The van der Waals surface area contributed by atoms with E-state index >= 15 is 0 Å². The molecule has 0 bridgehead atoms. The summed E-state index contributed by atoms with van der Waals surface area (Å²) in [6.07, 6.45) is 0.870. The van der Waals surface area contributed by atoms with Crippen molar-refractivity contribution in [1.29, 1.82) is 0 Å². The molecule has 16 heavy (non-hydrogen) atoms. The molecule has 0 aromatic heterocycles. The van der Waals surface area contributed by atoms with Gasteiger partial charge in [-0.05, 0) is 37.5 Å². The molecule has 0 radical (unpaired) electrons. The average Bonchev–Trinajstić information content (AvgIpc) is 2.29. The second kappa shape index (κ2) is 5.69. The van der Waals surface area contributed by atoms with Crippen molar-refractivity contribution in [3.63, 3.8) is 0 Å². The van der Waals surface area contributed by atoms with E-state index in [-0.39, 0.29) is 18.3 Å². The van der Waals surface area contributed by atoms with Crippen molar-refractivity contribution in [2.45, 2.75) is 34.1 Å². The highest BCUT2D eigenvalue weighted by molar-refractivity contribution is 5.82. The third-order valence-electron chi connectivity index (χ3n) is 3.09. The van der Waals surface area contributed by atoms with Crippen LogP contribution in [0.1, 0.15) is 31.4 Å². The van der Waals surface area contributed by atoms with Crippen LogP contribution in [0.2, 0.25) is 0 Å². The molecule has 0 heterocycles. The SMILES string of the molecule is CCC(C)C(=O)COc1cccc(C)c1C. The second-order valence-electron chi connectivity index (χ2n) is 4.26. The van der Waals surface area contributed by atoms with Crippen LogP contribution in [0.25, 0.3) is 0 Å². The van der Waals surface area contributed by atoms with Gasteiger partial charge in [-0.3, -0.25) is 4.79 Å². The first kappa shape index (κ1) is 12.8. The standard InChI is InChI=1S/C14H20O2/c1-5-10(2)13(15)9-16-14-8-6-7-11(3)12(14)4/h6-8,10H,5,9H2,1-4H3. The van der Waals surface area contributed by atoms with Crippen LogP contribution < -0.4 is 4.74 Å². The maximum atomic E-state index is 11.6. The summed E-state index contributed by atoms with van der Waals surface area (Å²) in [6, 6.07) is 5.90. The minimum absolute atomic E-state index is 0.0881. The van der Waals surface area contributed by atoms with Crippen molar-refractivity contribution < 1.29 is 9.53 Å². The molecule has 0 aliphatic carbocycles. The van der Waals surface area contributed by atoms with Crippen LogP contribution in [0.4, 0.5) is 0 Å². The number of Topliss-reactive ketones (excluding diaryl/α,β-unsaturated/α-hetero) is 1. The highest BCUT2D eigenvalue weighted by atomic mass is 16.5. The van der Waals surface area contributed by atoms with Gasteiger partial charge in [0, 0.05) is 5.92 Å². The summed E-state index contributed by atoms with van der Waals surface area (Å²) in [5.41, 5.74) is 2.30. The summed E-state index contributed by atoms with van der Waals surface area (Å²) >= 11 is 0. The lowest BCUT2D eigenvalue weighted by molar-refractivity contribution is -0.124. The van der Waals surface area contributed by atoms with E-state index in [4.69, 9.17) is 4.74 Å². The van der Waals surface area contributed by atoms with Crippen LogP contribution in [0.3, 0.4) is 0 Å². The highest BCUT2D eigenvalue weighted by Gasteiger charge is 2.12. The van der Waals surface area contributed by atoms with E-state index in [9.17, 15) is 4.79 Å². The monoisotopic (exact) mass is 220 g/mol. The van der Waals surface area contributed by atoms with E-state index in [1.54, 1.807) is 0 Å². The first-order chi connectivity index (χ1) is 7.56. The van der Waals surface area contributed by atoms with Crippen LogP contribution >= 0.6 is 0 Å². The highest BCUT2D eigenvalue weighted by Crippen LogP contribution is 2.20. The molecule has 1 rings (SSSR count). The first-order valence-corrected chi connectivity index (χ1v) is 5.78. The largest absolute Gasteiger partial charge is 0.486 e. The van der Waals surface area contributed by atoms with Gasteiger partial charge in [-0.1, -0.05) is 26.0 Å². The Morgan fingerprint density at radius 3 is 2.69 bits per heavy atom. The van der Waals surface area contributed by atoms with Gasteiger partial charge < -0.3 is 4.74 Å². The molecule has 2 heteroatoms. The van der Waals surface area contributed by atoms with Crippen molar-refractivity contribution in [3.05, 3.63) is 29.3 Å². The van der Waals surface area contributed by atoms with Gasteiger partial charge in [0.05, 0.1) is 0 Å². The molecular weight excluding hydrogens is 200 g/mol. The number of aryl methyl sites for hydroxylation is 1. The molecule has 1 atom stereocenters. The topological polar surface area (TPSA) is 26.3 Å². The Morgan fingerprint density at radius 1 is 1.38 bits per heavy atom. The Bertz CT molecular complexity index is 369. The third kappa shape index (κ3) is 3.09. The molecule has 1 unspecified atom stereocenters. The molecular formula is C14H20O2. The summed E-state index contributed by atoms with van der Waals surface area (Å²) in [5, 5.41) is 0. The molecule has 1 aromatic carbocycles. The lowest BCUT2D eigenvalue weighted by atomic mass is 10.0. The maximum Gasteiger partial charge on any atom is 0.172 e. The minimum atomic E-state index is 0.0881. The van der Waals surface area contributed by atoms with Gasteiger partial charge in [0.1, 0.15) is 12.4 Å². The van der Waals surface area contributed by atoms with Crippen molar-refractivity contribution in [2.75, 3.05) is 6.61 Å². The lowest BCUT2D eigenvalue weighted by Crippen LogP contribution is -2.18. The Labute approximate surface area is 97.6 Å². The summed E-state index contributed by atoms with van der Waals surface area (Å²) in [7, 11) is 0. The smallest absolute Gasteiger partial charge is 0.172 e. The van der Waals surface area contributed by atoms with Crippen molar-refractivity contribution in [2.24, 2.45) is 5.92 Å². The normalized spacial score (nSPS) is 12.2. The van der Waals surface area contributed by atoms with E-state index < -0.39 is 0 Å². The second-order valence-corrected chi connectivity index (χ2v) is 4.26. The number of benzene rings is 1. The Kier molecular flexibility index (Phi) is 4.53. The van der Waals surface area contributed by atoms with Crippen molar-refractivity contribution in [3.8, 4) is 5.75 Å². The van der Waals surface area contributed by atoms with Gasteiger partial charge in [-0.2, -0.15) is 0 Å². The molecule has 0 fully saturated rings. The minimum Gasteiger partial charge on any atom is -0.486 e. The predicted octanol–water partition coefficient (Wildman–Crippen LogP) is 3.30. The van der Waals surface area contributed by atoms with Gasteiger partial charge in [0.25, 0.3) is 0 Å².